The number of ether oxygens (including phenoxy) is 1. The molecule has 0 atom stereocenters. The van der Waals surface area contributed by atoms with Crippen LogP contribution in [0.1, 0.15) is 29.8 Å². The van der Waals surface area contributed by atoms with Gasteiger partial charge in [0, 0.05) is 23.8 Å². The summed E-state index contributed by atoms with van der Waals surface area (Å²) in [7, 11) is 1.67. The van der Waals surface area contributed by atoms with Crippen LogP contribution in [0.5, 0.6) is 5.75 Å². The third-order valence-electron chi connectivity index (χ3n) is 4.24. The van der Waals surface area contributed by atoms with Gasteiger partial charge in [0.05, 0.1) is 7.11 Å². The highest BCUT2D eigenvalue weighted by atomic mass is 16.5. The molecule has 0 radical (unpaired) electrons. The van der Waals surface area contributed by atoms with Crippen LogP contribution < -0.4 is 20.9 Å². The molecular formula is C22H25N3O2. The first-order valence-corrected chi connectivity index (χ1v) is 9.02. The average molecular weight is 363 g/mol. The molecule has 0 aliphatic heterocycles. The summed E-state index contributed by atoms with van der Waals surface area (Å²) >= 11 is 0. The van der Waals surface area contributed by atoms with Gasteiger partial charge in [0.1, 0.15) is 5.75 Å². The van der Waals surface area contributed by atoms with E-state index in [0.717, 1.165) is 27.8 Å². The molecule has 3 aromatic carbocycles. The maximum Gasteiger partial charge on any atom is 0.251 e. The molecule has 3 N–H and O–H groups in total. The fourth-order valence-electron chi connectivity index (χ4n) is 2.91. The Balaban J connectivity index is 1.66. The lowest BCUT2D eigenvalue weighted by atomic mass is 10.1. The Morgan fingerprint density at radius 1 is 1.00 bits per heavy atom. The molecule has 5 nitrogen and oxygen atoms in total. The Morgan fingerprint density at radius 2 is 1.74 bits per heavy atom. The molecule has 0 aliphatic carbocycles. The molecule has 0 bridgehead atoms. The third kappa shape index (κ3) is 4.77. The number of rotatable bonds is 7. The number of hydrogen-bond acceptors (Lipinski definition) is 4. The minimum absolute atomic E-state index is 0.0537. The fourth-order valence-corrected chi connectivity index (χ4v) is 2.91. The van der Waals surface area contributed by atoms with Crippen LogP contribution in [0.25, 0.3) is 10.8 Å². The van der Waals surface area contributed by atoms with E-state index in [1.807, 2.05) is 68.4 Å². The van der Waals surface area contributed by atoms with Gasteiger partial charge in [-0.3, -0.25) is 4.79 Å². The summed E-state index contributed by atoms with van der Waals surface area (Å²) in [6.45, 7) is 4.44. The number of fused-ring (bicyclic) bond motifs is 1. The topological polar surface area (TPSA) is 62.4 Å². The second-order valence-electron chi connectivity index (χ2n) is 6.69. The van der Waals surface area contributed by atoms with Crippen LogP contribution in [-0.4, -0.2) is 19.1 Å². The Hall–Kier alpha value is -3.05. The predicted molar refractivity (Wildman–Crippen MR) is 110 cm³/mol. The summed E-state index contributed by atoms with van der Waals surface area (Å²) < 4.78 is 5.26. The van der Waals surface area contributed by atoms with Crippen LogP contribution in [0.4, 0.5) is 5.69 Å². The molecule has 0 fully saturated rings. The van der Waals surface area contributed by atoms with E-state index >= 15 is 0 Å². The highest BCUT2D eigenvalue weighted by molar-refractivity contribution is 5.95. The summed E-state index contributed by atoms with van der Waals surface area (Å²) in [4.78, 5) is 12.3. The molecule has 0 aliphatic rings. The molecule has 0 saturated carbocycles. The van der Waals surface area contributed by atoms with E-state index in [-0.39, 0.29) is 11.9 Å². The van der Waals surface area contributed by atoms with Crippen LogP contribution in [0.2, 0.25) is 0 Å². The second kappa shape index (κ2) is 8.56. The van der Waals surface area contributed by atoms with E-state index < -0.39 is 0 Å². The summed E-state index contributed by atoms with van der Waals surface area (Å²) in [5, 5.41) is 5.18. The van der Waals surface area contributed by atoms with Crippen molar-refractivity contribution in [2.75, 3.05) is 12.5 Å². The predicted octanol–water partition coefficient (Wildman–Crippen LogP) is 4.10. The smallest absolute Gasteiger partial charge is 0.251 e. The zero-order valence-corrected chi connectivity index (χ0v) is 15.9. The van der Waals surface area contributed by atoms with Crippen LogP contribution in [-0.2, 0) is 6.54 Å². The number of hydrazine groups is 1. The molecule has 27 heavy (non-hydrogen) atoms. The van der Waals surface area contributed by atoms with Gasteiger partial charge in [0.25, 0.3) is 5.91 Å². The Morgan fingerprint density at radius 3 is 2.52 bits per heavy atom. The number of benzene rings is 3. The van der Waals surface area contributed by atoms with Gasteiger partial charge < -0.3 is 15.5 Å². The molecular weight excluding hydrogens is 338 g/mol. The monoisotopic (exact) mass is 363 g/mol. The maximum atomic E-state index is 12.3. The van der Waals surface area contributed by atoms with Crippen molar-refractivity contribution in [3.8, 4) is 5.75 Å². The lowest BCUT2D eigenvalue weighted by molar-refractivity contribution is 0.0942. The summed E-state index contributed by atoms with van der Waals surface area (Å²) in [5.41, 5.74) is 8.99. The molecule has 0 heterocycles. The van der Waals surface area contributed by atoms with Gasteiger partial charge in [-0.25, -0.2) is 5.43 Å². The lowest BCUT2D eigenvalue weighted by Crippen LogP contribution is -2.31. The first-order chi connectivity index (χ1) is 13.1. The zero-order valence-electron chi connectivity index (χ0n) is 15.9. The first kappa shape index (κ1) is 18.7. The summed E-state index contributed by atoms with van der Waals surface area (Å²) in [6, 6.07) is 19.8. The van der Waals surface area contributed by atoms with Crippen molar-refractivity contribution in [3.05, 3.63) is 71.8 Å². The van der Waals surface area contributed by atoms with Gasteiger partial charge >= 0.3 is 0 Å². The normalized spacial score (nSPS) is 10.8. The molecule has 0 unspecified atom stereocenters. The molecule has 0 aromatic heterocycles. The SMILES string of the molecule is COc1ccc2cc(NNCc3ccccc3C(=O)NC(C)C)ccc2c1. The summed E-state index contributed by atoms with van der Waals surface area (Å²) in [6.07, 6.45) is 0. The largest absolute Gasteiger partial charge is 0.497 e. The maximum absolute atomic E-state index is 12.3. The average Bonchev–Trinajstić information content (AvgIpc) is 2.67. The van der Waals surface area contributed by atoms with E-state index in [0.29, 0.717) is 12.1 Å². The fraction of sp³-hybridized carbons (Fsp3) is 0.227. The zero-order chi connectivity index (χ0) is 19.2. The number of anilines is 1. The standard InChI is InChI=1S/C22H25N3O2/c1-15(2)24-22(26)21-7-5-4-6-18(21)14-23-25-19-10-8-17-13-20(27-3)11-9-16(17)12-19/h4-13,15,23,25H,14H2,1-3H3,(H,24,26). The van der Waals surface area contributed by atoms with Crippen molar-refractivity contribution >= 4 is 22.4 Å². The lowest BCUT2D eigenvalue weighted by Gasteiger charge is -2.14. The molecule has 5 heteroatoms. The van der Waals surface area contributed by atoms with Gasteiger partial charge in [0.15, 0.2) is 0 Å². The van der Waals surface area contributed by atoms with Gasteiger partial charge in [-0.05, 0) is 60.5 Å². The highest BCUT2D eigenvalue weighted by Crippen LogP contribution is 2.23. The van der Waals surface area contributed by atoms with Crippen LogP contribution in [0, 0.1) is 0 Å². The molecule has 3 aromatic rings. The number of carbonyl (C=O) groups excluding carboxylic acids is 1. The first-order valence-electron chi connectivity index (χ1n) is 9.02. The van der Waals surface area contributed by atoms with E-state index in [1.165, 1.54) is 0 Å². The molecule has 140 valence electrons. The summed E-state index contributed by atoms with van der Waals surface area (Å²) in [5.74, 6) is 0.791. The van der Waals surface area contributed by atoms with Gasteiger partial charge in [-0.15, -0.1) is 0 Å². The second-order valence-corrected chi connectivity index (χ2v) is 6.69. The van der Waals surface area contributed by atoms with Gasteiger partial charge in [-0.2, -0.15) is 0 Å². The van der Waals surface area contributed by atoms with E-state index in [2.05, 4.69) is 22.2 Å². The van der Waals surface area contributed by atoms with E-state index in [9.17, 15) is 4.79 Å². The number of methoxy groups -OCH3 is 1. The molecule has 1 amide bonds. The number of carbonyl (C=O) groups is 1. The molecule has 3 rings (SSSR count). The molecule has 0 saturated heterocycles. The number of amides is 1. The quantitative estimate of drug-likeness (QED) is 0.553. The van der Waals surface area contributed by atoms with Crippen molar-refractivity contribution < 1.29 is 9.53 Å². The Bertz CT molecular complexity index is 938. The van der Waals surface area contributed by atoms with Crippen molar-refractivity contribution in [2.45, 2.75) is 26.4 Å². The Kier molecular flexibility index (Phi) is 5.94. The van der Waals surface area contributed by atoms with Gasteiger partial charge in [-0.1, -0.05) is 30.3 Å². The van der Waals surface area contributed by atoms with Crippen molar-refractivity contribution in [3.63, 3.8) is 0 Å². The molecule has 0 spiro atoms. The van der Waals surface area contributed by atoms with Crippen molar-refractivity contribution in [1.82, 2.24) is 10.7 Å². The van der Waals surface area contributed by atoms with Crippen LogP contribution in [0.3, 0.4) is 0 Å². The van der Waals surface area contributed by atoms with Crippen LogP contribution in [0.15, 0.2) is 60.7 Å². The van der Waals surface area contributed by atoms with Gasteiger partial charge in [0.2, 0.25) is 0 Å². The van der Waals surface area contributed by atoms with E-state index in [1.54, 1.807) is 7.11 Å². The van der Waals surface area contributed by atoms with Crippen molar-refractivity contribution in [1.29, 1.82) is 0 Å². The van der Waals surface area contributed by atoms with E-state index in [4.69, 9.17) is 4.74 Å². The number of hydrogen-bond donors (Lipinski definition) is 3. The number of nitrogens with one attached hydrogen (secondary N) is 3. The van der Waals surface area contributed by atoms with Crippen LogP contribution >= 0.6 is 0 Å². The third-order valence-corrected chi connectivity index (χ3v) is 4.24. The minimum atomic E-state index is -0.0537. The minimum Gasteiger partial charge on any atom is -0.497 e. The van der Waals surface area contributed by atoms with Crippen molar-refractivity contribution in [2.24, 2.45) is 0 Å². The Labute approximate surface area is 159 Å². The highest BCUT2D eigenvalue weighted by Gasteiger charge is 2.11.